The number of rotatable bonds is 3. The molecule has 4 N–H and O–H groups in total. The highest BCUT2D eigenvalue weighted by atomic mass is 127. The first kappa shape index (κ1) is 12.9. The molecule has 0 saturated carbocycles. The van der Waals surface area contributed by atoms with Crippen LogP contribution in [0.2, 0.25) is 0 Å². The first-order chi connectivity index (χ1) is 8.58. The number of hydrogen-bond donors (Lipinski definition) is 3. The van der Waals surface area contributed by atoms with Gasteiger partial charge in [0.1, 0.15) is 9.39 Å². The van der Waals surface area contributed by atoms with Crippen LogP contribution in [0, 0.1) is 3.57 Å². The molecule has 1 atom stereocenters. The summed E-state index contributed by atoms with van der Waals surface area (Å²) in [7, 11) is 0. The molecular formula is C12H13IN4O. The minimum atomic E-state index is -0.141. The van der Waals surface area contributed by atoms with Gasteiger partial charge in [-0.1, -0.05) is 12.1 Å². The molecule has 1 aromatic carbocycles. The average Bonchev–Trinajstić information content (AvgIpc) is 2.36. The monoisotopic (exact) mass is 356 g/mol. The fraction of sp³-hybridized carbons (Fsp3) is 0.167. The number of halogens is 1. The summed E-state index contributed by atoms with van der Waals surface area (Å²) in [5.74, 6) is 0.587. The number of anilines is 2. The predicted molar refractivity (Wildman–Crippen MR) is 80.5 cm³/mol. The van der Waals surface area contributed by atoms with Crippen molar-refractivity contribution < 1.29 is 0 Å². The Labute approximate surface area is 118 Å². The van der Waals surface area contributed by atoms with E-state index in [-0.39, 0.29) is 11.6 Å². The quantitative estimate of drug-likeness (QED) is 0.581. The minimum absolute atomic E-state index is 0.0495. The Bertz CT molecular complexity index is 594. The van der Waals surface area contributed by atoms with Gasteiger partial charge in [0.25, 0.3) is 5.56 Å². The van der Waals surface area contributed by atoms with E-state index in [4.69, 9.17) is 5.73 Å². The summed E-state index contributed by atoms with van der Waals surface area (Å²) in [6, 6.07) is 7.65. The summed E-state index contributed by atoms with van der Waals surface area (Å²) >= 11 is 1.97. The zero-order valence-electron chi connectivity index (χ0n) is 9.77. The maximum absolute atomic E-state index is 11.4. The van der Waals surface area contributed by atoms with Gasteiger partial charge in [-0.3, -0.25) is 4.79 Å². The lowest BCUT2D eigenvalue weighted by Crippen LogP contribution is -2.16. The average molecular weight is 356 g/mol. The SMILES string of the molecule is CC(Nc1nc[nH]c(=O)c1I)c1ccc(N)cc1. The van der Waals surface area contributed by atoms with E-state index in [0.29, 0.717) is 9.39 Å². The Hall–Kier alpha value is -1.57. The number of aromatic nitrogens is 2. The maximum atomic E-state index is 11.4. The second-order valence-corrected chi connectivity index (χ2v) is 5.01. The third-order valence-electron chi connectivity index (χ3n) is 2.59. The van der Waals surface area contributed by atoms with E-state index < -0.39 is 0 Å². The van der Waals surface area contributed by atoms with E-state index in [2.05, 4.69) is 15.3 Å². The Morgan fingerprint density at radius 2 is 2.06 bits per heavy atom. The van der Waals surface area contributed by atoms with Gasteiger partial charge in [0.15, 0.2) is 0 Å². The molecule has 0 fully saturated rings. The van der Waals surface area contributed by atoms with E-state index >= 15 is 0 Å². The topological polar surface area (TPSA) is 83.8 Å². The molecule has 1 unspecified atom stereocenters. The molecule has 0 saturated heterocycles. The van der Waals surface area contributed by atoms with Crippen LogP contribution in [0.3, 0.4) is 0 Å². The summed E-state index contributed by atoms with van der Waals surface area (Å²) in [4.78, 5) is 18.1. The standard InChI is InChI=1S/C12H13IN4O/c1-7(8-2-4-9(14)5-3-8)17-11-10(13)12(18)16-6-15-11/h2-7H,14H2,1H3,(H2,15,16,17,18). The van der Waals surface area contributed by atoms with Gasteiger partial charge in [-0.05, 0) is 47.2 Å². The van der Waals surface area contributed by atoms with Crippen molar-refractivity contribution in [3.8, 4) is 0 Å². The summed E-state index contributed by atoms with van der Waals surface area (Å²) in [6.45, 7) is 2.00. The Kier molecular flexibility index (Phi) is 3.85. The van der Waals surface area contributed by atoms with Crippen molar-refractivity contribution in [2.24, 2.45) is 0 Å². The largest absolute Gasteiger partial charge is 0.399 e. The lowest BCUT2D eigenvalue weighted by atomic mass is 10.1. The number of nitrogens with two attached hydrogens (primary N) is 1. The number of H-pyrrole nitrogens is 1. The maximum Gasteiger partial charge on any atom is 0.266 e. The van der Waals surface area contributed by atoms with E-state index in [1.807, 2.05) is 53.8 Å². The first-order valence-corrected chi connectivity index (χ1v) is 6.51. The Morgan fingerprint density at radius 3 is 2.72 bits per heavy atom. The van der Waals surface area contributed by atoms with Crippen LogP contribution in [0.15, 0.2) is 35.4 Å². The van der Waals surface area contributed by atoms with Gasteiger partial charge < -0.3 is 16.0 Å². The number of aromatic amines is 1. The molecule has 18 heavy (non-hydrogen) atoms. The Morgan fingerprint density at radius 1 is 1.39 bits per heavy atom. The molecule has 0 amide bonds. The fourth-order valence-electron chi connectivity index (χ4n) is 1.56. The van der Waals surface area contributed by atoms with Crippen molar-refractivity contribution in [2.45, 2.75) is 13.0 Å². The van der Waals surface area contributed by atoms with Crippen LogP contribution in [0.5, 0.6) is 0 Å². The molecule has 1 heterocycles. The molecule has 0 aliphatic heterocycles. The second kappa shape index (κ2) is 5.38. The molecule has 1 aromatic heterocycles. The second-order valence-electron chi connectivity index (χ2n) is 3.93. The summed E-state index contributed by atoms with van der Waals surface area (Å²) in [5, 5.41) is 3.21. The van der Waals surface area contributed by atoms with Crippen molar-refractivity contribution >= 4 is 34.1 Å². The lowest BCUT2D eigenvalue weighted by molar-refractivity contribution is 0.867. The third-order valence-corrected chi connectivity index (χ3v) is 3.59. The van der Waals surface area contributed by atoms with Gasteiger partial charge in [0.2, 0.25) is 0 Å². The van der Waals surface area contributed by atoms with Crippen LogP contribution in [0.4, 0.5) is 11.5 Å². The third kappa shape index (κ3) is 2.81. The molecule has 0 spiro atoms. The number of nitrogens with one attached hydrogen (secondary N) is 2. The molecule has 2 aromatic rings. The van der Waals surface area contributed by atoms with Crippen molar-refractivity contribution in [2.75, 3.05) is 11.1 Å². The van der Waals surface area contributed by atoms with Crippen molar-refractivity contribution in [1.29, 1.82) is 0 Å². The summed E-state index contributed by atoms with van der Waals surface area (Å²) in [5.41, 5.74) is 7.32. The number of benzene rings is 1. The normalized spacial score (nSPS) is 12.1. The van der Waals surface area contributed by atoms with Crippen molar-refractivity contribution in [3.63, 3.8) is 0 Å². The lowest BCUT2D eigenvalue weighted by Gasteiger charge is -2.15. The molecular weight excluding hydrogens is 343 g/mol. The molecule has 94 valence electrons. The van der Waals surface area contributed by atoms with Crippen LogP contribution in [-0.2, 0) is 0 Å². The van der Waals surface area contributed by atoms with Gasteiger partial charge in [-0.25, -0.2) is 4.98 Å². The number of nitrogens with zero attached hydrogens (tertiary/aromatic N) is 1. The number of hydrogen-bond acceptors (Lipinski definition) is 4. The first-order valence-electron chi connectivity index (χ1n) is 5.43. The summed E-state index contributed by atoms with van der Waals surface area (Å²) < 4.78 is 0.553. The van der Waals surface area contributed by atoms with Crippen LogP contribution in [0.1, 0.15) is 18.5 Å². The molecule has 0 bridgehead atoms. The van der Waals surface area contributed by atoms with Crippen LogP contribution in [0.25, 0.3) is 0 Å². The van der Waals surface area contributed by atoms with Gasteiger partial charge >= 0.3 is 0 Å². The highest BCUT2D eigenvalue weighted by Gasteiger charge is 2.10. The molecule has 0 aliphatic carbocycles. The Balaban J connectivity index is 2.21. The zero-order valence-corrected chi connectivity index (χ0v) is 11.9. The van der Waals surface area contributed by atoms with E-state index in [1.54, 1.807) is 0 Å². The van der Waals surface area contributed by atoms with E-state index in [1.165, 1.54) is 6.33 Å². The van der Waals surface area contributed by atoms with Crippen LogP contribution >= 0.6 is 22.6 Å². The van der Waals surface area contributed by atoms with Crippen LogP contribution in [-0.4, -0.2) is 9.97 Å². The fourth-order valence-corrected chi connectivity index (χ4v) is 2.01. The van der Waals surface area contributed by atoms with Gasteiger partial charge in [-0.15, -0.1) is 0 Å². The van der Waals surface area contributed by atoms with Crippen molar-refractivity contribution in [1.82, 2.24) is 9.97 Å². The molecule has 0 aliphatic rings. The van der Waals surface area contributed by atoms with E-state index in [9.17, 15) is 4.79 Å². The van der Waals surface area contributed by atoms with Crippen molar-refractivity contribution in [3.05, 3.63) is 50.1 Å². The van der Waals surface area contributed by atoms with Gasteiger partial charge in [-0.2, -0.15) is 0 Å². The highest BCUT2D eigenvalue weighted by Crippen LogP contribution is 2.20. The van der Waals surface area contributed by atoms with Gasteiger partial charge in [0.05, 0.1) is 6.33 Å². The highest BCUT2D eigenvalue weighted by molar-refractivity contribution is 14.1. The minimum Gasteiger partial charge on any atom is -0.399 e. The molecule has 0 radical (unpaired) electrons. The van der Waals surface area contributed by atoms with E-state index in [0.717, 1.165) is 11.3 Å². The predicted octanol–water partition coefficient (Wildman–Crippen LogP) is 2.13. The molecule has 6 heteroatoms. The molecule has 2 rings (SSSR count). The zero-order chi connectivity index (χ0) is 13.1. The smallest absolute Gasteiger partial charge is 0.266 e. The summed E-state index contributed by atoms with van der Waals surface area (Å²) in [6.07, 6.45) is 1.39. The molecule has 5 nitrogen and oxygen atoms in total. The number of nitrogen functional groups attached to an aromatic ring is 1. The van der Waals surface area contributed by atoms with Gasteiger partial charge in [0, 0.05) is 11.7 Å². The van der Waals surface area contributed by atoms with Crippen LogP contribution < -0.4 is 16.6 Å².